The normalized spacial score (nSPS) is 14.4. The highest BCUT2D eigenvalue weighted by atomic mass is 32.2. The number of carbonyl (C=O) groups excluding carboxylic acids is 2. The van der Waals surface area contributed by atoms with E-state index in [1.165, 1.54) is 34.9 Å². The number of aromatic nitrogens is 1. The highest BCUT2D eigenvalue weighted by molar-refractivity contribution is 8.26. The van der Waals surface area contributed by atoms with Crippen LogP contribution in [0.3, 0.4) is 0 Å². The van der Waals surface area contributed by atoms with Crippen molar-refractivity contribution in [2.24, 2.45) is 0 Å². The first-order valence-corrected chi connectivity index (χ1v) is 13.6. The van der Waals surface area contributed by atoms with Crippen LogP contribution in [0.15, 0.2) is 57.5 Å². The number of amides is 1. The van der Waals surface area contributed by atoms with Crippen LogP contribution in [0.4, 0.5) is 0 Å². The first kappa shape index (κ1) is 26.5. The molecule has 2 aromatic heterocycles. The van der Waals surface area contributed by atoms with Crippen molar-refractivity contribution in [2.45, 2.75) is 32.7 Å². The number of aryl methyl sites for hydroxylation is 1. The standard InChI is InChI=1S/C27H23N3O4S3/c1-17-20(16-28)24(32)29(13-11-18-7-3-2-4-8-18)26(34)23(17)21(31)10-5-12-30-25(33)22(37-27(30)35)15-19-9-6-14-36-19/h2-4,6-9,14-15,34H,5,10-13H2,1H3/b22-15-. The third kappa shape index (κ3) is 5.74. The molecule has 0 unspecified atom stereocenters. The summed E-state index contributed by atoms with van der Waals surface area (Å²) in [6.07, 6.45) is 2.57. The van der Waals surface area contributed by atoms with Crippen molar-refractivity contribution in [1.29, 1.82) is 5.26 Å². The van der Waals surface area contributed by atoms with Gasteiger partial charge in [0.15, 0.2) is 5.78 Å². The average Bonchev–Trinajstić information content (AvgIpc) is 3.48. The van der Waals surface area contributed by atoms with E-state index in [0.717, 1.165) is 15.0 Å². The first-order valence-electron chi connectivity index (χ1n) is 11.5. The summed E-state index contributed by atoms with van der Waals surface area (Å²) in [6.45, 7) is 1.86. The third-order valence-corrected chi connectivity index (χ3v) is 8.22. The van der Waals surface area contributed by atoms with E-state index in [9.17, 15) is 24.8 Å². The zero-order valence-corrected chi connectivity index (χ0v) is 22.4. The zero-order valence-electron chi connectivity index (χ0n) is 20.0. The second-order valence-electron chi connectivity index (χ2n) is 8.38. The van der Waals surface area contributed by atoms with E-state index in [0.29, 0.717) is 22.1 Å². The number of rotatable bonds is 9. The van der Waals surface area contributed by atoms with Crippen molar-refractivity contribution in [2.75, 3.05) is 6.54 Å². The number of hydrogen-bond donors (Lipinski definition) is 1. The molecule has 1 aliphatic rings. The van der Waals surface area contributed by atoms with Crippen LogP contribution < -0.4 is 5.56 Å². The Labute approximate surface area is 227 Å². The van der Waals surface area contributed by atoms with E-state index in [2.05, 4.69) is 0 Å². The fourth-order valence-electron chi connectivity index (χ4n) is 4.10. The van der Waals surface area contributed by atoms with Gasteiger partial charge >= 0.3 is 0 Å². The van der Waals surface area contributed by atoms with Crippen LogP contribution in [0.1, 0.15) is 44.8 Å². The van der Waals surface area contributed by atoms with Crippen molar-refractivity contribution < 1.29 is 14.7 Å². The van der Waals surface area contributed by atoms with Crippen LogP contribution in [0.5, 0.6) is 5.88 Å². The molecule has 4 rings (SSSR count). The number of ketones is 1. The number of aromatic hydroxyl groups is 1. The topological polar surface area (TPSA) is 103 Å². The number of thioether (sulfide) groups is 1. The molecule has 0 aliphatic carbocycles. The minimum Gasteiger partial charge on any atom is -0.494 e. The fourth-order valence-corrected chi connectivity index (χ4v) is 6.13. The fraction of sp³-hybridized carbons (Fsp3) is 0.222. The summed E-state index contributed by atoms with van der Waals surface area (Å²) in [5.41, 5.74) is 0.296. The van der Waals surface area contributed by atoms with Crippen LogP contribution in [0, 0.1) is 18.3 Å². The molecule has 10 heteroatoms. The lowest BCUT2D eigenvalue weighted by atomic mass is 9.99. The molecule has 1 saturated heterocycles. The minimum absolute atomic E-state index is 0.0111. The zero-order chi connectivity index (χ0) is 26.5. The molecule has 0 bridgehead atoms. The van der Waals surface area contributed by atoms with E-state index < -0.39 is 17.2 Å². The average molecular weight is 550 g/mol. The van der Waals surface area contributed by atoms with Crippen LogP contribution in [0.25, 0.3) is 6.08 Å². The summed E-state index contributed by atoms with van der Waals surface area (Å²) >= 11 is 8.12. The largest absolute Gasteiger partial charge is 0.494 e. The quantitative estimate of drug-likeness (QED) is 0.230. The first-order chi connectivity index (χ1) is 17.8. The highest BCUT2D eigenvalue weighted by Crippen LogP contribution is 2.33. The van der Waals surface area contributed by atoms with Gasteiger partial charge in [-0.2, -0.15) is 5.26 Å². The summed E-state index contributed by atoms with van der Waals surface area (Å²) in [7, 11) is 0. The SMILES string of the molecule is Cc1c(C(=O)CCCN2C(=O)/C(=C/c3cccs3)SC2=S)c(O)n(CCc2ccccc2)c(=O)c1C#N. The Morgan fingerprint density at radius 3 is 2.59 bits per heavy atom. The molecule has 0 spiro atoms. The molecule has 3 heterocycles. The Kier molecular flexibility index (Phi) is 8.38. The van der Waals surface area contributed by atoms with E-state index in [1.54, 1.807) is 6.08 Å². The van der Waals surface area contributed by atoms with Crippen molar-refractivity contribution in [3.63, 3.8) is 0 Å². The van der Waals surface area contributed by atoms with Gasteiger partial charge < -0.3 is 5.11 Å². The van der Waals surface area contributed by atoms with Crippen molar-refractivity contribution >= 4 is 57.4 Å². The number of benzene rings is 1. The summed E-state index contributed by atoms with van der Waals surface area (Å²) in [4.78, 5) is 41.8. The van der Waals surface area contributed by atoms with Gasteiger partial charge in [-0.1, -0.05) is 60.4 Å². The lowest BCUT2D eigenvalue weighted by Gasteiger charge is -2.17. The molecule has 1 aliphatic heterocycles. The number of hydrogen-bond acceptors (Lipinski definition) is 8. The molecule has 1 N–H and O–H groups in total. The van der Waals surface area contributed by atoms with Gasteiger partial charge in [-0.15, -0.1) is 11.3 Å². The molecule has 37 heavy (non-hydrogen) atoms. The molecule has 7 nitrogen and oxygen atoms in total. The van der Waals surface area contributed by atoms with Gasteiger partial charge in [0.1, 0.15) is 16.0 Å². The number of nitriles is 1. The lowest BCUT2D eigenvalue weighted by molar-refractivity contribution is -0.122. The molecule has 0 atom stereocenters. The number of thiocarbonyl (C=S) groups is 1. The number of Topliss-reactive ketones (excluding diaryl/α,β-unsaturated/α-hetero) is 1. The number of nitrogens with zero attached hydrogens (tertiary/aromatic N) is 3. The number of carbonyl (C=O) groups is 2. The summed E-state index contributed by atoms with van der Waals surface area (Å²) in [5.74, 6) is -1.04. The second kappa shape index (κ2) is 11.7. The molecule has 188 valence electrons. The van der Waals surface area contributed by atoms with E-state index in [4.69, 9.17) is 12.2 Å². The Bertz CT molecular complexity index is 1490. The van der Waals surface area contributed by atoms with Gasteiger partial charge in [0.25, 0.3) is 11.5 Å². The van der Waals surface area contributed by atoms with Crippen molar-refractivity contribution in [1.82, 2.24) is 9.47 Å². The molecule has 1 fully saturated rings. The van der Waals surface area contributed by atoms with Gasteiger partial charge in [-0.25, -0.2) is 0 Å². The molecular weight excluding hydrogens is 527 g/mol. The number of pyridine rings is 1. The highest BCUT2D eigenvalue weighted by Gasteiger charge is 2.32. The van der Waals surface area contributed by atoms with E-state index in [-0.39, 0.29) is 42.1 Å². The smallest absolute Gasteiger partial charge is 0.271 e. The third-order valence-electron chi connectivity index (χ3n) is 6.02. The Hall–Kier alpha value is -3.52. The predicted molar refractivity (Wildman–Crippen MR) is 150 cm³/mol. The molecular formula is C27H23N3O4S3. The molecule has 1 aromatic carbocycles. The predicted octanol–water partition coefficient (Wildman–Crippen LogP) is 4.90. The van der Waals surface area contributed by atoms with Gasteiger partial charge in [0.05, 0.1) is 10.5 Å². The van der Waals surface area contributed by atoms with Crippen LogP contribution in [0.2, 0.25) is 0 Å². The Morgan fingerprint density at radius 1 is 1.16 bits per heavy atom. The van der Waals surface area contributed by atoms with Gasteiger partial charge in [-0.3, -0.25) is 23.9 Å². The molecule has 1 amide bonds. The van der Waals surface area contributed by atoms with Crippen LogP contribution in [-0.2, 0) is 17.8 Å². The maximum atomic E-state index is 13.2. The summed E-state index contributed by atoms with van der Waals surface area (Å²) in [6, 6.07) is 15.1. The lowest BCUT2D eigenvalue weighted by Crippen LogP contribution is -2.30. The molecule has 0 saturated carbocycles. The van der Waals surface area contributed by atoms with Gasteiger partial charge in [-0.05, 0) is 48.4 Å². The van der Waals surface area contributed by atoms with E-state index >= 15 is 0 Å². The van der Waals surface area contributed by atoms with Crippen LogP contribution in [-0.4, -0.2) is 37.1 Å². The van der Waals surface area contributed by atoms with Gasteiger partial charge in [0, 0.05) is 24.4 Å². The van der Waals surface area contributed by atoms with Crippen LogP contribution >= 0.6 is 35.3 Å². The Morgan fingerprint density at radius 2 is 1.92 bits per heavy atom. The summed E-state index contributed by atoms with van der Waals surface area (Å²) in [5, 5.41) is 22.4. The minimum atomic E-state index is -0.625. The summed E-state index contributed by atoms with van der Waals surface area (Å²) < 4.78 is 1.52. The molecule has 0 radical (unpaired) electrons. The second-order valence-corrected chi connectivity index (χ2v) is 11.0. The van der Waals surface area contributed by atoms with E-state index in [1.807, 2.05) is 53.9 Å². The monoisotopic (exact) mass is 549 g/mol. The van der Waals surface area contributed by atoms with Crippen molar-refractivity contribution in [3.8, 4) is 11.9 Å². The van der Waals surface area contributed by atoms with Gasteiger partial charge in [0.2, 0.25) is 5.88 Å². The number of thiophene rings is 1. The van der Waals surface area contributed by atoms with Crippen molar-refractivity contribution in [3.05, 3.63) is 90.2 Å². The maximum absolute atomic E-state index is 13.2. The Balaban J connectivity index is 1.48. The molecule has 3 aromatic rings. The maximum Gasteiger partial charge on any atom is 0.271 e.